The van der Waals surface area contributed by atoms with Crippen molar-refractivity contribution in [2.75, 3.05) is 0 Å². The minimum Gasteiger partial charge on any atom is -0.423 e. The molecule has 0 aliphatic rings. The average molecular weight is 174 g/mol. The Kier molecular flexibility index (Phi) is 1.85. The standard InChI is InChI=1S/C10H10N2O/c1-7-3-4-9(8(2)5-7)10-12-11-6-13-10/h3-6H,1-2H3. The lowest BCUT2D eigenvalue weighted by Crippen LogP contribution is -1.84. The van der Waals surface area contributed by atoms with Crippen LogP contribution in [0.3, 0.4) is 0 Å². The number of aryl methyl sites for hydroxylation is 2. The second-order valence-corrected chi connectivity index (χ2v) is 3.06. The monoisotopic (exact) mass is 174 g/mol. The zero-order valence-corrected chi connectivity index (χ0v) is 7.61. The summed E-state index contributed by atoms with van der Waals surface area (Å²) >= 11 is 0. The zero-order chi connectivity index (χ0) is 9.26. The summed E-state index contributed by atoms with van der Waals surface area (Å²) < 4.78 is 5.12. The van der Waals surface area contributed by atoms with Crippen molar-refractivity contribution in [1.29, 1.82) is 0 Å². The van der Waals surface area contributed by atoms with Gasteiger partial charge in [0, 0.05) is 5.56 Å². The van der Waals surface area contributed by atoms with E-state index in [0.717, 1.165) is 11.1 Å². The van der Waals surface area contributed by atoms with Crippen molar-refractivity contribution in [3.8, 4) is 11.5 Å². The summed E-state index contributed by atoms with van der Waals surface area (Å²) in [6, 6.07) is 6.13. The van der Waals surface area contributed by atoms with Gasteiger partial charge < -0.3 is 4.42 Å². The van der Waals surface area contributed by atoms with Crippen LogP contribution < -0.4 is 0 Å². The number of hydrogen-bond acceptors (Lipinski definition) is 3. The summed E-state index contributed by atoms with van der Waals surface area (Å²) in [4.78, 5) is 0. The molecule has 3 nitrogen and oxygen atoms in total. The lowest BCUT2D eigenvalue weighted by atomic mass is 10.1. The lowest BCUT2D eigenvalue weighted by molar-refractivity contribution is 0.568. The number of nitrogens with zero attached hydrogens (tertiary/aromatic N) is 2. The highest BCUT2D eigenvalue weighted by Gasteiger charge is 2.05. The van der Waals surface area contributed by atoms with Gasteiger partial charge >= 0.3 is 0 Å². The molecule has 0 amide bonds. The Hall–Kier alpha value is -1.64. The predicted octanol–water partition coefficient (Wildman–Crippen LogP) is 2.35. The molecule has 2 aromatic rings. The molecule has 0 aliphatic heterocycles. The fourth-order valence-corrected chi connectivity index (χ4v) is 1.34. The van der Waals surface area contributed by atoms with Crippen LogP contribution in [0.1, 0.15) is 11.1 Å². The van der Waals surface area contributed by atoms with Gasteiger partial charge in [0.1, 0.15) is 0 Å². The van der Waals surface area contributed by atoms with E-state index in [4.69, 9.17) is 4.42 Å². The van der Waals surface area contributed by atoms with Crippen LogP contribution in [0.2, 0.25) is 0 Å². The van der Waals surface area contributed by atoms with Crippen molar-refractivity contribution in [1.82, 2.24) is 10.2 Å². The molecule has 0 N–H and O–H groups in total. The predicted molar refractivity (Wildman–Crippen MR) is 49.2 cm³/mol. The minimum absolute atomic E-state index is 0.581. The first-order valence-electron chi connectivity index (χ1n) is 4.11. The van der Waals surface area contributed by atoms with Gasteiger partial charge in [0.15, 0.2) is 0 Å². The minimum atomic E-state index is 0.581. The molecule has 0 unspecified atom stereocenters. The first kappa shape index (κ1) is 7.98. The highest BCUT2D eigenvalue weighted by Crippen LogP contribution is 2.21. The molecule has 0 fully saturated rings. The van der Waals surface area contributed by atoms with Crippen LogP contribution >= 0.6 is 0 Å². The number of rotatable bonds is 1. The van der Waals surface area contributed by atoms with Crippen LogP contribution in [0.4, 0.5) is 0 Å². The number of benzene rings is 1. The van der Waals surface area contributed by atoms with Crippen LogP contribution in [0.25, 0.3) is 11.5 Å². The Morgan fingerprint density at radius 2 is 2.08 bits per heavy atom. The molecule has 0 saturated carbocycles. The van der Waals surface area contributed by atoms with E-state index in [1.54, 1.807) is 0 Å². The van der Waals surface area contributed by atoms with Crippen molar-refractivity contribution < 1.29 is 4.42 Å². The summed E-state index contributed by atoms with van der Waals surface area (Å²) in [5, 5.41) is 7.51. The Bertz CT molecular complexity index is 407. The van der Waals surface area contributed by atoms with Gasteiger partial charge in [0.2, 0.25) is 12.3 Å². The summed E-state index contributed by atoms with van der Waals surface area (Å²) in [6.07, 6.45) is 1.34. The van der Waals surface area contributed by atoms with E-state index < -0.39 is 0 Å². The normalized spacial score (nSPS) is 10.3. The van der Waals surface area contributed by atoms with E-state index in [9.17, 15) is 0 Å². The van der Waals surface area contributed by atoms with Gasteiger partial charge in [-0.3, -0.25) is 0 Å². The van der Waals surface area contributed by atoms with Gasteiger partial charge in [-0.05, 0) is 25.5 Å². The molecule has 1 aromatic heterocycles. The third-order valence-corrected chi connectivity index (χ3v) is 1.97. The zero-order valence-electron chi connectivity index (χ0n) is 7.61. The van der Waals surface area contributed by atoms with E-state index in [0.29, 0.717) is 5.89 Å². The van der Waals surface area contributed by atoms with Crippen molar-refractivity contribution in [2.45, 2.75) is 13.8 Å². The topological polar surface area (TPSA) is 38.9 Å². The van der Waals surface area contributed by atoms with Gasteiger partial charge in [-0.25, -0.2) is 0 Å². The molecule has 0 aliphatic carbocycles. The second-order valence-electron chi connectivity index (χ2n) is 3.06. The molecule has 1 aromatic carbocycles. The molecule has 2 rings (SSSR count). The molecule has 0 spiro atoms. The first-order valence-corrected chi connectivity index (χ1v) is 4.11. The Morgan fingerprint density at radius 3 is 2.69 bits per heavy atom. The molecular formula is C10H10N2O. The van der Waals surface area contributed by atoms with E-state index in [2.05, 4.69) is 23.2 Å². The van der Waals surface area contributed by atoms with Crippen LogP contribution in [0.15, 0.2) is 29.0 Å². The third kappa shape index (κ3) is 1.45. The van der Waals surface area contributed by atoms with Gasteiger partial charge in [0.05, 0.1) is 0 Å². The largest absolute Gasteiger partial charge is 0.423 e. The fourth-order valence-electron chi connectivity index (χ4n) is 1.34. The van der Waals surface area contributed by atoms with Crippen LogP contribution in [-0.2, 0) is 0 Å². The van der Waals surface area contributed by atoms with Crippen molar-refractivity contribution in [2.24, 2.45) is 0 Å². The Labute approximate surface area is 76.4 Å². The smallest absolute Gasteiger partial charge is 0.247 e. The van der Waals surface area contributed by atoms with E-state index in [1.165, 1.54) is 12.0 Å². The van der Waals surface area contributed by atoms with Crippen molar-refractivity contribution >= 4 is 0 Å². The molecule has 0 radical (unpaired) electrons. The summed E-state index contributed by atoms with van der Waals surface area (Å²) in [5.74, 6) is 0.581. The number of aromatic nitrogens is 2. The van der Waals surface area contributed by atoms with Gasteiger partial charge in [0.25, 0.3) is 0 Å². The molecule has 0 saturated heterocycles. The molecule has 66 valence electrons. The van der Waals surface area contributed by atoms with Gasteiger partial charge in [-0.1, -0.05) is 17.7 Å². The van der Waals surface area contributed by atoms with Gasteiger partial charge in [-0.15, -0.1) is 10.2 Å². The molecule has 3 heteroatoms. The second kappa shape index (κ2) is 3.01. The maximum Gasteiger partial charge on any atom is 0.247 e. The maximum absolute atomic E-state index is 5.12. The quantitative estimate of drug-likeness (QED) is 0.666. The van der Waals surface area contributed by atoms with Crippen LogP contribution in [0.5, 0.6) is 0 Å². The first-order chi connectivity index (χ1) is 6.27. The Balaban J connectivity index is 2.53. The molecule has 13 heavy (non-hydrogen) atoms. The summed E-state index contributed by atoms with van der Waals surface area (Å²) in [7, 11) is 0. The molecule has 0 atom stereocenters. The Morgan fingerprint density at radius 1 is 1.23 bits per heavy atom. The van der Waals surface area contributed by atoms with Crippen molar-refractivity contribution in [3.05, 3.63) is 35.7 Å². The van der Waals surface area contributed by atoms with Gasteiger partial charge in [-0.2, -0.15) is 0 Å². The van der Waals surface area contributed by atoms with E-state index >= 15 is 0 Å². The summed E-state index contributed by atoms with van der Waals surface area (Å²) in [5.41, 5.74) is 3.40. The SMILES string of the molecule is Cc1ccc(-c2nnco2)c(C)c1. The van der Waals surface area contributed by atoms with Crippen LogP contribution in [0, 0.1) is 13.8 Å². The van der Waals surface area contributed by atoms with Crippen LogP contribution in [-0.4, -0.2) is 10.2 Å². The highest BCUT2D eigenvalue weighted by molar-refractivity contribution is 5.58. The highest BCUT2D eigenvalue weighted by atomic mass is 16.4. The molecule has 1 heterocycles. The molecule has 0 bridgehead atoms. The van der Waals surface area contributed by atoms with E-state index in [1.807, 2.05) is 19.1 Å². The number of hydrogen-bond donors (Lipinski definition) is 0. The lowest BCUT2D eigenvalue weighted by Gasteiger charge is -2.01. The average Bonchev–Trinajstić information content (AvgIpc) is 2.56. The van der Waals surface area contributed by atoms with E-state index in [-0.39, 0.29) is 0 Å². The summed E-state index contributed by atoms with van der Waals surface area (Å²) in [6.45, 7) is 4.09. The van der Waals surface area contributed by atoms with Crippen molar-refractivity contribution in [3.63, 3.8) is 0 Å². The molecular weight excluding hydrogens is 164 g/mol. The maximum atomic E-state index is 5.12. The third-order valence-electron chi connectivity index (χ3n) is 1.97. The fraction of sp³-hybridized carbons (Fsp3) is 0.200.